The van der Waals surface area contributed by atoms with E-state index in [-0.39, 0.29) is 20.1 Å². The van der Waals surface area contributed by atoms with Crippen molar-refractivity contribution in [1.29, 1.82) is 0 Å². The summed E-state index contributed by atoms with van der Waals surface area (Å²) in [5.41, 5.74) is 0.417. The van der Waals surface area contributed by atoms with Crippen LogP contribution in [0.2, 0.25) is 10.0 Å². The van der Waals surface area contributed by atoms with Crippen molar-refractivity contribution >= 4 is 55.1 Å². The molecule has 0 spiro atoms. The van der Waals surface area contributed by atoms with Crippen molar-refractivity contribution in [2.75, 3.05) is 7.11 Å². The van der Waals surface area contributed by atoms with E-state index in [1.54, 1.807) is 35.9 Å². The highest BCUT2D eigenvalue weighted by Crippen LogP contribution is 2.33. The van der Waals surface area contributed by atoms with E-state index in [0.29, 0.717) is 22.2 Å². The number of ether oxygens (including phenoxy) is 1. The third kappa shape index (κ3) is 4.42. The molecule has 29 heavy (non-hydrogen) atoms. The fourth-order valence-corrected chi connectivity index (χ4v) is 4.87. The smallest absolute Gasteiger partial charge is 0.285 e. The first-order chi connectivity index (χ1) is 13.6. The number of halogens is 3. The topological polar surface area (TPSA) is 90.3 Å². The van der Waals surface area contributed by atoms with Crippen molar-refractivity contribution in [3.8, 4) is 17.1 Å². The third-order valence-electron chi connectivity index (χ3n) is 3.96. The van der Waals surface area contributed by atoms with Gasteiger partial charge in [0.1, 0.15) is 22.2 Å². The Labute approximate surface area is 185 Å². The van der Waals surface area contributed by atoms with Gasteiger partial charge in [0, 0.05) is 29.3 Å². The van der Waals surface area contributed by atoms with Gasteiger partial charge < -0.3 is 9.30 Å². The van der Waals surface area contributed by atoms with Crippen LogP contribution in [0.4, 0.5) is 0 Å². The summed E-state index contributed by atoms with van der Waals surface area (Å²) >= 11 is 15.4. The van der Waals surface area contributed by atoms with Crippen molar-refractivity contribution in [2.24, 2.45) is 7.05 Å². The van der Waals surface area contributed by atoms with Crippen LogP contribution in [0.5, 0.6) is 5.75 Å². The SMILES string of the molecule is COc1ccc(Br)c(S(=O)(=O)NC(=O)c2cn(C)c(-c3cccc(Cl)c3Cl)n2)c1. The molecule has 0 bridgehead atoms. The zero-order valence-electron chi connectivity index (χ0n) is 15.1. The van der Waals surface area contributed by atoms with Gasteiger partial charge >= 0.3 is 0 Å². The Bertz CT molecular complexity index is 1210. The van der Waals surface area contributed by atoms with E-state index in [1.807, 2.05) is 4.72 Å². The van der Waals surface area contributed by atoms with Gasteiger partial charge in [-0.2, -0.15) is 0 Å². The first-order valence-electron chi connectivity index (χ1n) is 8.02. The molecule has 1 aromatic heterocycles. The molecule has 152 valence electrons. The molecule has 7 nitrogen and oxygen atoms in total. The summed E-state index contributed by atoms with van der Waals surface area (Å²) < 4.78 is 34.2. The molecule has 0 aliphatic carbocycles. The standard InChI is InChI=1S/C18H14BrCl2N3O4S/c1-24-9-14(22-17(24)11-4-3-5-13(20)16(11)21)18(25)23-29(26,27)15-8-10(28-2)6-7-12(15)19/h3-9H,1-2H3,(H,23,25). The molecule has 0 saturated carbocycles. The number of carbonyl (C=O) groups excluding carboxylic acids is 1. The molecule has 1 N–H and O–H groups in total. The molecule has 1 amide bonds. The normalized spacial score (nSPS) is 11.3. The summed E-state index contributed by atoms with van der Waals surface area (Å²) in [5.74, 6) is -0.195. The van der Waals surface area contributed by atoms with E-state index in [4.69, 9.17) is 27.9 Å². The Balaban J connectivity index is 1.93. The van der Waals surface area contributed by atoms with E-state index in [9.17, 15) is 13.2 Å². The number of hydrogen-bond donors (Lipinski definition) is 1. The molecule has 11 heteroatoms. The average Bonchev–Trinajstić information content (AvgIpc) is 3.05. The van der Waals surface area contributed by atoms with Gasteiger partial charge in [-0.3, -0.25) is 4.79 Å². The number of amides is 1. The van der Waals surface area contributed by atoms with Crippen LogP contribution in [0.1, 0.15) is 10.5 Å². The monoisotopic (exact) mass is 517 g/mol. The highest BCUT2D eigenvalue weighted by Gasteiger charge is 2.24. The second-order valence-corrected chi connectivity index (χ2v) is 9.18. The number of imidazole rings is 1. The fraction of sp³-hybridized carbons (Fsp3) is 0.111. The van der Waals surface area contributed by atoms with Crippen LogP contribution in [-0.2, 0) is 17.1 Å². The fourth-order valence-electron chi connectivity index (χ4n) is 2.55. The third-order valence-corrected chi connectivity index (χ3v) is 7.10. The minimum Gasteiger partial charge on any atom is -0.497 e. The van der Waals surface area contributed by atoms with E-state index >= 15 is 0 Å². The molecule has 1 heterocycles. The summed E-state index contributed by atoms with van der Waals surface area (Å²) in [6, 6.07) is 9.42. The van der Waals surface area contributed by atoms with Gasteiger partial charge in [-0.05, 0) is 40.2 Å². The minimum atomic E-state index is -4.18. The molecule has 0 saturated heterocycles. The Morgan fingerprint density at radius 1 is 1.24 bits per heavy atom. The summed E-state index contributed by atoms with van der Waals surface area (Å²) in [6.45, 7) is 0. The lowest BCUT2D eigenvalue weighted by molar-refractivity contribution is 0.0977. The Kier molecular flexibility index (Phi) is 6.23. The van der Waals surface area contributed by atoms with Crippen LogP contribution in [0, 0.1) is 0 Å². The number of methoxy groups -OCH3 is 1. The van der Waals surface area contributed by atoms with Crippen LogP contribution in [0.3, 0.4) is 0 Å². The largest absolute Gasteiger partial charge is 0.497 e. The van der Waals surface area contributed by atoms with Gasteiger partial charge in [-0.15, -0.1) is 0 Å². The van der Waals surface area contributed by atoms with Gasteiger partial charge in [0.05, 0.1) is 17.2 Å². The molecule has 0 atom stereocenters. The van der Waals surface area contributed by atoms with E-state index < -0.39 is 15.9 Å². The summed E-state index contributed by atoms with van der Waals surface area (Å²) in [4.78, 5) is 16.7. The van der Waals surface area contributed by atoms with Crippen LogP contribution in [0.15, 0.2) is 52.0 Å². The van der Waals surface area contributed by atoms with Gasteiger partial charge in [-0.25, -0.2) is 18.1 Å². The van der Waals surface area contributed by atoms with E-state index in [2.05, 4.69) is 20.9 Å². The Hall–Kier alpha value is -2.07. The Morgan fingerprint density at radius 2 is 1.97 bits per heavy atom. The highest BCUT2D eigenvalue weighted by atomic mass is 79.9. The molecule has 2 aromatic carbocycles. The molecule has 0 aliphatic heterocycles. The number of aromatic nitrogens is 2. The number of hydrogen-bond acceptors (Lipinski definition) is 5. The van der Waals surface area contributed by atoms with E-state index in [0.717, 1.165) is 0 Å². The van der Waals surface area contributed by atoms with Gasteiger partial charge in [0.25, 0.3) is 15.9 Å². The maximum atomic E-state index is 12.7. The average molecular weight is 519 g/mol. The predicted octanol–water partition coefficient (Wildman–Crippen LogP) is 4.28. The quantitative estimate of drug-likeness (QED) is 0.544. The van der Waals surface area contributed by atoms with Crippen LogP contribution in [-0.4, -0.2) is 31.0 Å². The van der Waals surface area contributed by atoms with Crippen molar-refractivity contribution in [3.05, 3.63) is 62.8 Å². The van der Waals surface area contributed by atoms with Crippen LogP contribution < -0.4 is 9.46 Å². The predicted molar refractivity (Wildman–Crippen MR) is 114 cm³/mol. The molecule has 3 aromatic rings. The minimum absolute atomic E-state index is 0.0962. The van der Waals surface area contributed by atoms with Gasteiger partial charge in [-0.1, -0.05) is 29.3 Å². The molecule has 3 rings (SSSR count). The van der Waals surface area contributed by atoms with Crippen LogP contribution in [0.25, 0.3) is 11.4 Å². The number of carbonyl (C=O) groups is 1. The number of rotatable bonds is 5. The zero-order chi connectivity index (χ0) is 21.3. The van der Waals surface area contributed by atoms with Gasteiger partial charge in [0.15, 0.2) is 0 Å². The summed E-state index contributed by atoms with van der Waals surface area (Å²) in [5, 5.41) is 0.617. The second kappa shape index (κ2) is 8.35. The number of aryl methyl sites for hydroxylation is 1. The number of nitrogens with one attached hydrogen (secondary N) is 1. The second-order valence-electron chi connectivity index (χ2n) is 5.89. The summed E-state index contributed by atoms with van der Waals surface area (Å²) in [7, 11) is -1.11. The molecule has 0 fully saturated rings. The summed E-state index contributed by atoms with van der Waals surface area (Å²) in [6.07, 6.45) is 1.40. The first-order valence-corrected chi connectivity index (χ1v) is 11.1. The van der Waals surface area contributed by atoms with E-state index in [1.165, 1.54) is 25.4 Å². The highest BCUT2D eigenvalue weighted by molar-refractivity contribution is 9.10. The molecular weight excluding hydrogens is 505 g/mol. The van der Waals surface area contributed by atoms with Crippen LogP contribution >= 0.6 is 39.1 Å². The number of sulfonamides is 1. The molecule has 0 unspecified atom stereocenters. The number of benzene rings is 2. The number of nitrogens with zero attached hydrogens (tertiary/aromatic N) is 2. The zero-order valence-corrected chi connectivity index (χ0v) is 19.0. The maximum absolute atomic E-state index is 12.7. The van der Waals surface area contributed by atoms with Crippen molar-refractivity contribution in [3.63, 3.8) is 0 Å². The maximum Gasteiger partial charge on any atom is 0.285 e. The first kappa shape index (κ1) is 21.6. The molecule has 0 radical (unpaired) electrons. The molecular formula is C18H14BrCl2N3O4S. The molecule has 0 aliphatic rings. The lowest BCUT2D eigenvalue weighted by Gasteiger charge is -2.09. The van der Waals surface area contributed by atoms with Crippen molar-refractivity contribution < 1.29 is 17.9 Å². The van der Waals surface area contributed by atoms with Gasteiger partial charge in [0.2, 0.25) is 0 Å². The van der Waals surface area contributed by atoms with Crippen molar-refractivity contribution in [2.45, 2.75) is 4.90 Å². The Morgan fingerprint density at radius 3 is 2.66 bits per heavy atom. The lowest BCUT2D eigenvalue weighted by Crippen LogP contribution is -2.31. The van der Waals surface area contributed by atoms with Crippen molar-refractivity contribution in [1.82, 2.24) is 14.3 Å². The lowest BCUT2D eigenvalue weighted by atomic mass is 10.2.